The molecular weight excluding hydrogens is 372 g/mol. The molecule has 0 aliphatic carbocycles. The van der Waals surface area contributed by atoms with Crippen LogP contribution in [0.1, 0.15) is 39.2 Å². The standard InChI is InChI=1S/C19H24O9/c1-12(21)26-16-7-6-15(10-17(16)27-13(2)22)11-18(28-14(3)23)19(24)25-9-5-4-8-20/h6-7,10,18,20H,4-5,8-9,11H2,1-3H3. The average molecular weight is 396 g/mol. The molecule has 28 heavy (non-hydrogen) atoms. The number of ether oxygens (including phenoxy) is 4. The summed E-state index contributed by atoms with van der Waals surface area (Å²) in [5, 5.41) is 8.74. The first kappa shape index (κ1) is 23.1. The number of hydrogen-bond acceptors (Lipinski definition) is 9. The van der Waals surface area contributed by atoms with Crippen molar-refractivity contribution in [2.75, 3.05) is 13.2 Å². The predicted octanol–water partition coefficient (Wildman–Crippen LogP) is 1.33. The van der Waals surface area contributed by atoms with Crippen LogP contribution < -0.4 is 9.47 Å². The number of unbranched alkanes of at least 4 members (excludes halogenated alkanes) is 1. The summed E-state index contributed by atoms with van der Waals surface area (Å²) in [6.07, 6.45) is -0.277. The molecule has 9 heteroatoms. The number of hydrogen-bond donors (Lipinski definition) is 1. The Labute approximate surface area is 162 Å². The van der Waals surface area contributed by atoms with Crippen molar-refractivity contribution in [1.82, 2.24) is 0 Å². The van der Waals surface area contributed by atoms with Crippen molar-refractivity contribution in [3.05, 3.63) is 23.8 Å². The van der Waals surface area contributed by atoms with Gasteiger partial charge in [0.1, 0.15) is 0 Å². The van der Waals surface area contributed by atoms with Crippen molar-refractivity contribution in [3.8, 4) is 11.5 Å². The largest absolute Gasteiger partial charge is 0.463 e. The molecule has 0 radical (unpaired) electrons. The van der Waals surface area contributed by atoms with Gasteiger partial charge in [-0.05, 0) is 30.5 Å². The number of benzene rings is 1. The lowest BCUT2D eigenvalue weighted by Crippen LogP contribution is -2.31. The highest BCUT2D eigenvalue weighted by atomic mass is 16.6. The molecule has 0 aliphatic rings. The lowest BCUT2D eigenvalue weighted by Gasteiger charge is -2.17. The second-order valence-corrected chi connectivity index (χ2v) is 5.87. The molecule has 1 aromatic carbocycles. The fourth-order valence-corrected chi connectivity index (χ4v) is 2.22. The van der Waals surface area contributed by atoms with Gasteiger partial charge in [-0.25, -0.2) is 4.79 Å². The summed E-state index contributed by atoms with van der Waals surface area (Å²) in [5.41, 5.74) is 0.491. The molecule has 0 spiro atoms. The molecule has 0 saturated carbocycles. The number of esters is 4. The molecule has 1 unspecified atom stereocenters. The van der Waals surface area contributed by atoms with Gasteiger partial charge in [0.2, 0.25) is 6.10 Å². The Bertz CT molecular complexity index is 711. The molecule has 0 fully saturated rings. The SMILES string of the molecule is CC(=O)Oc1ccc(CC(OC(C)=O)C(=O)OCCCCO)cc1OC(C)=O. The number of carbonyl (C=O) groups is 4. The highest BCUT2D eigenvalue weighted by Crippen LogP contribution is 2.29. The smallest absolute Gasteiger partial charge is 0.347 e. The van der Waals surface area contributed by atoms with Crippen molar-refractivity contribution in [1.29, 1.82) is 0 Å². The molecule has 0 heterocycles. The van der Waals surface area contributed by atoms with E-state index in [1.807, 2.05) is 0 Å². The normalized spacial score (nSPS) is 11.3. The van der Waals surface area contributed by atoms with E-state index in [9.17, 15) is 19.2 Å². The summed E-state index contributed by atoms with van der Waals surface area (Å²) in [7, 11) is 0. The Kier molecular flexibility index (Phi) is 9.66. The lowest BCUT2D eigenvalue weighted by molar-refractivity contribution is -0.166. The van der Waals surface area contributed by atoms with E-state index in [1.54, 1.807) is 6.07 Å². The van der Waals surface area contributed by atoms with Gasteiger partial charge in [-0.2, -0.15) is 0 Å². The molecule has 1 N–H and O–H groups in total. The molecule has 9 nitrogen and oxygen atoms in total. The monoisotopic (exact) mass is 396 g/mol. The van der Waals surface area contributed by atoms with E-state index in [-0.39, 0.29) is 31.1 Å². The van der Waals surface area contributed by atoms with E-state index in [4.69, 9.17) is 24.1 Å². The van der Waals surface area contributed by atoms with Gasteiger partial charge in [-0.15, -0.1) is 0 Å². The van der Waals surface area contributed by atoms with Crippen LogP contribution in [0.25, 0.3) is 0 Å². The van der Waals surface area contributed by atoms with Crippen LogP contribution in [0.2, 0.25) is 0 Å². The zero-order valence-corrected chi connectivity index (χ0v) is 16.1. The van der Waals surface area contributed by atoms with Crippen LogP contribution in [-0.2, 0) is 35.1 Å². The van der Waals surface area contributed by atoms with E-state index >= 15 is 0 Å². The third-order valence-corrected chi connectivity index (χ3v) is 3.30. The minimum Gasteiger partial charge on any atom is -0.463 e. The molecule has 1 aromatic rings. The summed E-state index contributed by atoms with van der Waals surface area (Å²) >= 11 is 0. The predicted molar refractivity (Wildman–Crippen MR) is 95.6 cm³/mol. The van der Waals surface area contributed by atoms with Gasteiger partial charge in [0.25, 0.3) is 0 Å². The fraction of sp³-hybridized carbons (Fsp3) is 0.474. The van der Waals surface area contributed by atoms with Gasteiger partial charge in [0.15, 0.2) is 11.5 Å². The molecule has 154 valence electrons. The topological polar surface area (TPSA) is 125 Å². The van der Waals surface area contributed by atoms with Crippen LogP contribution in [-0.4, -0.2) is 48.3 Å². The fourth-order valence-electron chi connectivity index (χ4n) is 2.22. The Morgan fingerprint density at radius 2 is 1.57 bits per heavy atom. The first-order chi connectivity index (χ1) is 13.2. The summed E-state index contributed by atoms with van der Waals surface area (Å²) in [5.74, 6) is -2.56. The Balaban J connectivity index is 2.96. The minimum absolute atomic E-state index is 0.00177. The highest BCUT2D eigenvalue weighted by Gasteiger charge is 2.24. The van der Waals surface area contributed by atoms with Gasteiger partial charge in [0.05, 0.1) is 6.61 Å². The second-order valence-electron chi connectivity index (χ2n) is 5.87. The first-order valence-electron chi connectivity index (χ1n) is 8.67. The Hall–Kier alpha value is -2.94. The van der Waals surface area contributed by atoms with E-state index in [1.165, 1.54) is 32.9 Å². The molecular formula is C19H24O9. The number of aliphatic hydroxyl groups excluding tert-OH is 1. The third-order valence-electron chi connectivity index (χ3n) is 3.30. The van der Waals surface area contributed by atoms with Crippen molar-refractivity contribution < 1.29 is 43.2 Å². The van der Waals surface area contributed by atoms with Gasteiger partial charge in [-0.1, -0.05) is 6.07 Å². The van der Waals surface area contributed by atoms with Crippen molar-refractivity contribution in [3.63, 3.8) is 0 Å². The van der Waals surface area contributed by atoms with E-state index in [0.717, 1.165) is 0 Å². The summed E-state index contributed by atoms with van der Waals surface area (Å²) in [6, 6.07) is 4.36. The van der Waals surface area contributed by atoms with Crippen LogP contribution in [0.15, 0.2) is 18.2 Å². The van der Waals surface area contributed by atoms with Crippen LogP contribution in [0, 0.1) is 0 Å². The summed E-state index contributed by atoms with van der Waals surface area (Å²) < 4.78 is 20.1. The first-order valence-corrected chi connectivity index (χ1v) is 8.67. The third kappa shape index (κ3) is 8.63. The molecule has 0 bridgehead atoms. The van der Waals surface area contributed by atoms with Crippen LogP contribution in [0.4, 0.5) is 0 Å². The van der Waals surface area contributed by atoms with Crippen LogP contribution in [0.3, 0.4) is 0 Å². The molecule has 0 aliphatic heterocycles. The van der Waals surface area contributed by atoms with Gasteiger partial charge in [-0.3, -0.25) is 14.4 Å². The number of rotatable bonds is 10. The van der Waals surface area contributed by atoms with E-state index < -0.39 is 30.0 Å². The van der Waals surface area contributed by atoms with Crippen LogP contribution in [0.5, 0.6) is 11.5 Å². The molecule has 0 saturated heterocycles. The van der Waals surface area contributed by atoms with Crippen molar-refractivity contribution in [2.45, 2.75) is 46.1 Å². The zero-order chi connectivity index (χ0) is 21.1. The molecule has 1 rings (SSSR count). The highest BCUT2D eigenvalue weighted by molar-refractivity contribution is 5.79. The van der Waals surface area contributed by atoms with E-state index in [2.05, 4.69) is 0 Å². The summed E-state index contributed by atoms with van der Waals surface area (Å²) in [6.45, 7) is 3.63. The van der Waals surface area contributed by atoms with E-state index in [0.29, 0.717) is 18.4 Å². The quantitative estimate of drug-likeness (QED) is 0.354. The van der Waals surface area contributed by atoms with Gasteiger partial charge in [0, 0.05) is 33.8 Å². The van der Waals surface area contributed by atoms with Crippen molar-refractivity contribution in [2.24, 2.45) is 0 Å². The summed E-state index contributed by atoms with van der Waals surface area (Å²) in [4.78, 5) is 46.0. The Morgan fingerprint density at radius 1 is 0.929 bits per heavy atom. The number of carbonyl (C=O) groups excluding carboxylic acids is 4. The minimum atomic E-state index is -1.20. The van der Waals surface area contributed by atoms with Crippen molar-refractivity contribution >= 4 is 23.9 Å². The average Bonchev–Trinajstić information content (AvgIpc) is 2.59. The maximum absolute atomic E-state index is 12.2. The second kappa shape index (κ2) is 11.7. The maximum atomic E-state index is 12.2. The maximum Gasteiger partial charge on any atom is 0.347 e. The van der Waals surface area contributed by atoms with Gasteiger partial charge >= 0.3 is 23.9 Å². The van der Waals surface area contributed by atoms with Crippen LogP contribution >= 0.6 is 0 Å². The zero-order valence-electron chi connectivity index (χ0n) is 16.1. The Morgan fingerprint density at radius 3 is 2.14 bits per heavy atom. The molecule has 0 aromatic heterocycles. The lowest BCUT2D eigenvalue weighted by atomic mass is 10.1. The molecule has 1 atom stereocenters. The number of aliphatic hydroxyl groups is 1. The molecule has 0 amide bonds. The van der Waals surface area contributed by atoms with Gasteiger partial charge < -0.3 is 24.1 Å².